The Balaban J connectivity index is 2.21. The van der Waals surface area contributed by atoms with Gasteiger partial charge in [-0.25, -0.2) is 4.79 Å². The normalized spacial score (nSPS) is 16.5. The summed E-state index contributed by atoms with van der Waals surface area (Å²) in [6.07, 6.45) is -0.505. The largest absolute Gasteiger partial charge is 0.465 e. The molecule has 0 aliphatic carbocycles. The molecular formula is C20H24ClNO5. The Bertz CT molecular complexity index is 862. The molecule has 1 aliphatic heterocycles. The van der Waals surface area contributed by atoms with Gasteiger partial charge in [-0.1, -0.05) is 35.9 Å². The number of nitrogens with zero attached hydrogens (tertiary/aromatic N) is 1. The summed E-state index contributed by atoms with van der Waals surface area (Å²) in [5.74, 6) is 0.186. The summed E-state index contributed by atoms with van der Waals surface area (Å²) in [5, 5.41) is 11.9. The fourth-order valence-corrected chi connectivity index (χ4v) is 3.72. The fourth-order valence-electron chi connectivity index (χ4n) is 3.36. The van der Waals surface area contributed by atoms with Crippen LogP contribution in [0.15, 0.2) is 24.3 Å². The summed E-state index contributed by atoms with van der Waals surface area (Å²) in [6.45, 7) is 5.63. The number of fused-ring (bicyclic) bond motifs is 3. The molecule has 1 unspecified atom stereocenters. The van der Waals surface area contributed by atoms with Gasteiger partial charge in [0.15, 0.2) is 12.5 Å². The number of halogens is 1. The number of carbonyl (C=O) groups is 1. The molecule has 3 rings (SSSR count). The van der Waals surface area contributed by atoms with E-state index in [1.54, 1.807) is 20.8 Å². The average molecular weight is 394 g/mol. The second kappa shape index (κ2) is 7.54. The van der Waals surface area contributed by atoms with Crippen LogP contribution in [0.4, 0.5) is 10.5 Å². The summed E-state index contributed by atoms with van der Waals surface area (Å²) >= 11 is 6.69. The minimum absolute atomic E-state index is 0.0262. The van der Waals surface area contributed by atoms with Crippen LogP contribution in [-0.4, -0.2) is 43.9 Å². The summed E-state index contributed by atoms with van der Waals surface area (Å²) in [5.41, 5.74) is 0.705. The van der Waals surface area contributed by atoms with Crippen molar-refractivity contribution < 1.29 is 24.1 Å². The van der Waals surface area contributed by atoms with E-state index < -0.39 is 11.7 Å². The number of aliphatic hydroxyl groups is 1. The van der Waals surface area contributed by atoms with Crippen LogP contribution in [0.5, 0.6) is 5.75 Å². The maximum atomic E-state index is 12.8. The van der Waals surface area contributed by atoms with Crippen molar-refractivity contribution in [1.29, 1.82) is 0 Å². The summed E-state index contributed by atoms with van der Waals surface area (Å²) < 4.78 is 16.3. The minimum Gasteiger partial charge on any atom is -0.465 e. The van der Waals surface area contributed by atoms with Gasteiger partial charge in [-0.3, -0.25) is 4.90 Å². The van der Waals surface area contributed by atoms with Crippen molar-refractivity contribution in [3.05, 3.63) is 34.9 Å². The monoisotopic (exact) mass is 393 g/mol. The van der Waals surface area contributed by atoms with Gasteiger partial charge in [0.2, 0.25) is 0 Å². The first-order valence-corrected chi connectivity index (χ1v) is 9.13. The second-order valence-electron chi connectivity index (χ2n) is 7.47. The Morgan fingerprint density at radius 1 is 1.30 bits per heavy atom. The third-order valence-corrected chi connectivity index (χ3v) is 4.71. The van der Waals surface area contributed by atoms with Gasteiger partial charge in [0.05, 0.1) is 12.3 Å². The zero-order valence-electron chi connectivity index (χ0n) is 15.9. The van der Waals surface area contributed by atoms with Crippen molar-refractivity contribution in [1.82, 2.24) is 0 Å². The molecule has 2 aromatic carbocycles. The Labute approximate surface area is 163 Å². The SMILES string of the molecule is COCOc1c(Cl)c2c(c3ccccc13)C(CO)CN2C(=O)OC(C)(C)C. The van der Waals surface area contributed by atoms with Crippen LogP contribution in [0, 0.1) is 0 Å². The number of hydrogen-bond acceptors (Lipinski definition) is 5. The Hall–Kier alpha value is -2.02. The van der Waals surface area contributed by atoms with E-state index in [9.17, 15) is 9.90 Å². The molecule has 0 saturated heterocycles. The highest BCUT2D eigenvalue weighted by atomic mass is 35.5. The molecule has 0 spiro atoms. The first-order valence-electron chi connectivity index (χ1n) is 8.75. The van der Waals surface area contributed by atoms with E-state index in [2.05, 4.69) is 0 Å². The van der Waals surface area contributed by atoms with Crippen molar-refractivity contribution >= 4 is 34.2 Å². The molecule has 1 amide bonds. The Morgan fingerprint density at radius 3 is 2.56 bits per heavy atom. The maximum absolute atomic E-state index is 12.8. The molecule has 146 valence electrons. The van der Waals surface area contributed by atoms with Crippen LogP contribution in [0.25, 0.3) is 10.8 Å². The van der Waals surface area contributed by atoms with Crippen molar-refractivity contribution in [3.8, 4) is 5.75 Å². The molecule has 1 aliphatic rings. The number of rotatable bonds is 4. The van der Waals surface area contributed by atoms with E-state index in [4.69, 9.17) is 25.8 Å². The number of benzene rings is 2. The van der Waals surface area contributed by atoms with Crippen molar-refractivity contribution in [2.24, 2.45) is 0 Å². The molecule has 6 nitrogen and oxygen atoms in total. The quantitative estimate of drug-likeness (QED) is 0.784. The molecule has 1 atom stereocenters. The molecule has 7 heteroatoms. The number of methoxy groups -OCH3 is 1. The first kappa shape index (κ1) is 19.7. The summed E-state index contributed by atoms with van der Waals surface area (Å²) in [7, 11) is 1.53. The van der Waals surface area contributed by atoms with Gasteiger partial charge in [-0.05, 0) is 31.7 Å². The zero-order chi connectivity index (χ0) is 19.8. The van der Waals surface area contributed by atoms with Crippen LogP contribution in [0.2, 0.25) is 5.02 Å². The van der Waals surface area contributed by atoms with E-state index in [1.165, 1.54) is 12.0 Å². The lowest BCUT2D eigenvalue weighted by Gasteiger charge is -2.26. The van der Waals surface area contributed by atoms with Crippen molar-refractivity contribution in [3.63, 3.8) is 0 Å². The Morgan fingerprint density at radius 2 is 1.96 bits per heavy atom. The third-order valence-electron chi connectivity index (χ3n) is 4.36. The van der Waals surface area contributed by atoms with E-state index in [0.717, 1.165) is 16.3 Å². The van der Waals surface area contributed by atoms with Gasteiger partial charge in [-0.2, -0.15) is 0 Å². The lowest BCUT2D eigenvalue weighted by molar-refractivity contribution is 0.0523. The van der Waals surface area contributed by atoms with E-state index in [-0.39, 0.29) is 25.9 Å². The molecule has 0 fully saturated rings. The summed E-state index contributed by atoms with van der Waals surface area (Å²) in [6, 6.07) is 7.63. The van der Waals surface area contributed by atoms with Crippen LogP contribution in [0.3, 0.4) is 0 Å². The highest BCUT2D eigenvalue weighted by Crippen LogP contribution is 2.51. The number of hydrogen-bond donors (Lipinski definition) is 1. The predicted octanol–water partition coefficient (Wildman–Crippen LogP) is 4.31. The highest BCUT2D eigenvalue weighted by Gasteiger charge is 2.39. The molecule has 0 bridgehead atoms. The molecule has 0 saturated carbocycles. The van der Waals surface area contributed by atoms with Gasteiger partial charge in [-0.15, -0.1) is 0 Å². The zero-order valence-corrected chi connectivity index (χ0v) is 16.7. The van der Waals surface area contributed by atoms with Crippen LogP contribution >= 0.6 is 11.6 Å². The lowest BCUT2D eigenvalue weighted by atomic mass is 9.94. The van der Waals surface area contributed by atoms with Crippen LogP contribution < -0.4 is 9.64 Å². The van der Waals surface area contributed by atoms with E-state index in [0.29, 0.717) is 16.5 Å². The topological polar surface area (TPSA) is 68.2 Å². The molecular weight excluding hydrogens is 370 g/mol. The molecule has 2 aromatic rings. The predicted molar refractivity (Wildman–Crippen MR) is 105 cm³/mol. The smallest absolute Gasteiger partial charge is 0.414 e. The second-order valence-corrected chi connectivity index (χ2v) is 7.85. The number of aliphatic hydroxyl groups excluding tert-OH is 1. The number of ether oxygens (including phenoxy) is 3. The van der Waals surface area contributed by atoms with Crippen molar-refractivity contribution in [2.75, 3.05) is 32.0 Å². The lowest BCUT2D eigenvalue weighted by Crippen LogP contribution is -2.36. The van der Waals surface area contributed by atoms with Gasteiger partial charge in [0, 0.05) is 25.0 Å². The Kier molecular flexibility index (Phi) is 5.51. The van der Waals surface area contributed by atoms with Gasteiger partial charge in [0.25, 0.3) is 0 Å². The first-order chi connectivity index (χ1) is 12.8. The van der Waals surface area contributed by atoms with Gasteiger partial charge in [0.1, 0.15) is 10.6 Å². The molecule has 27 heavy (non-hydrogen) atoms. The van der Waals surface area contributed by atoms with Gasteiger partial charge < -0.3 is 19.3 Å². The third kappa shape index (κ3) is 3.70. The number of anilines is 1. The molecule has 0 radical (unpaired) electrons. The average Bonchev–Trinajstić information content (AvgIpc) is 3.00. The number of amides is 1. The number of carbonyl (C=O) groups excluding carboxylic acids is 1. The van der Waals surface area contributed by atoms with E-state index >= 15 is 0 Å². The highest BCUT2D eigenvalue weighted by molar-refractivity contribution is 6.37. The minimum atomic E-state index is -0.646. The van der Waals surface area contributed by atoms with E-state index in [1.807, 2.05) is 24.3 Å². The standard InChI is InChI=1S/C20H24ClNO5/c1-20(2,3)27-19(24)22-9-12(10-23)15-13-7-5-6-8-14(13)18(26-11-25-4)16(21)17(15)22/h5-8,12,23H,9-11H2,1-4H3. The molecule has 1 heterocycles. The molecule has 0 aromatic heterocycles. The van der Waals surface area contributed by atoms with Gasteiger partial charge >= 0.3 is 6.09 Å². The van der Waals surface area contributed by atoms with Crippen LogP contribution in [0.1, 0.15) is 32.3 Å². The summed E-state index contributed by atoms with van der Waals surface area (Å²) in [4.78, 5) is 14.3. The van der Waals surface area contributed by atoms with Crippen molar-refractivity contribution in [2.45, 2.75) is 32.3 Å². The maximum Gasteiger partial charge on any atom is 0.414 e. The molecule has 1 N–H and O–H groups in total. The van der Waals surface area contributed by atoms with Crippen LogP contribution in [-0.2, 0) is 9.47 Å². The fraction of sp³-hybridized carbons (Fsp3) is 0.450.